The standard InChI is InChI=1S/C28H27N7O/c1-2-20-13-19-5-3-12-35-25(22(19)15-31-20)23(24-26(30)32-16-33-27(24)35)17-7-9-18(10-8-17)28(36)34-11-4-6-21(34)14-29/h1,7,13,15-16,18,21H,3-6,8-12H2,(H2,30,32,33)/t18-,21-/m0/s1. The molecule has 8 heteroatoms. The lowest BCUT2D eigenvalue weighted by Gasteiger charge is -2.28. The number of hydrogen-bond acceptors (Lipinski definition) is 6. The summed E-state index contributed by atoms with van der Waals surface area (Å²) in [6, 6.07) is 4.01. The van der Waals surface area contributed by atoms with Crippen LogP contribution >= 0.6 is 0 Å². The first-order valence-corrected chi connectivity index (χ1v) is 12.6. The quantitative estimate of drug-likeness (QED) is 0.563. The van der Waals surface area contributed by atoms with E-state index in [1.165, 1.54) is 11.9 Å². The topological polar surface area (TPSA) is 114 Å². The molecule has 0 saturated carbocycles. The van der Waals surface area contributed by atoms with E-state index in [4.69, 9.17) is 12.2 Å². The molecule has 0 aromatic carbocycles. The molecule has 5 heterocycles. The van der Waals surface area contributed by atoms with Gasteiger partial charge in [-0.25, -0.2) is 15.0 Å². The predicted octanol–water partition coefficient (Wildman–Crippen LogP) is 3.70. The minimum absolute atomic E-state index is 0.101. The van der Waals surface area contributed by atoms with Crippen LogP contribution in [0.3, 0.4) is 0 Å². The number of anilines is 1. The Hall–Kier alpha value is -4.17. The fourth-order valence-corrected chi connectivity index (χ4v) is 6.11. The Bertz CT molecular complexity index is 1500. The molecule has 3 aliphatic rings. The zero-order valence-electron chi connectivity index (χ0n) is 20.1. The Morgan fingerprint density at radius 1 is 1.17 bits per heavy atom. The van der Waals surface area contributed by atoms with Gasteiger partial charge in [0, 0.05) is 36.3 Å². The molecular weight excluding hydrogens is 450 g/mol. The molecular formula is C28H27N7O. The Morgan fingerprint density at radius 3 is 2.83 bits per heavy atom. The molecule has 0 spiro atoms. The van der Waals surface area contributed by atoms with Crippen molar-refractivity contribution in [3.05, 3.63) is 41.5 Å². The van der Waals surface area contributed by atoms with Gasteiger partial charge >= 0.3 is 0 Å². The summed E-state index contributed by atoms with van der Waals surface area (Å²) in [5.41, 5.74) is 13.4. The normalized spacial score (nSPS) is 21.2. The number of nitrogens with two attached hydrogens (primary N) is 1. The minimum atomic E-state index is -0.289. The first-order chi connectivity index (χ1) is 17.6. The van der Waals surface area contributed by atoms with Gasteiger partial charge in [-0.1, -0.05) is 12.0 Å². The smallest absolute Gasteiger partial charge is 0.227 e. The molecule has 1 amide bonds. The van der Waals surface area contributed by atoms with Gasteiger partial charge in [-0.05, 0) is 62.1 Å². The van der Waals surface area contributed by atoms with Gasteiger partial charge in [-0.2, -0.15) is 5.26 Å². The van der Waals surface area contributed by atoms with Gasteiger partial charge in [0.2, 0.25) is 5.91 Å². The maximum Gasteiger partial charge on any atom is 0.227 e. The molecule has 0 bridgehead atoms. The van der Waals surface area contributed by atoms with Crippen LogP contribution in [0.4, 0.5) is 5.82 Å². The summed E-state index contributed by atoms with van der Waals surface area (Å²) in [5.74, 6) is 3.11. The molecule has 2 atom stereocenters. The van der Waals surface area contributed by atoms with Crippen LogP contribution in [-0.4, -0.2) is 42.9 Å². The number of allylic oxidation sites excluding steroid dienone is 2. The van der Waals surface area contributed by atoms with Crippen molar-refractivity contribution in [2.24, 2.45) is 5.92 Å². The highest BCUT2D eigenvalue weighted by molar-refractivity contribution is 6.04. The first kappa shape index (κ1) is 22.3. The van der Waals surface area contributed by atoms with Gasteiger partial charge < -0.3 is 15.2 Å². The first-order valence-electron chi connectivity index (χ1n) is 12.6. The molecule has 1 saturated heterocycles. The summed E-state index contributed by atoms with van der Waals surface area (Å²) in [5, 5.41) is 10.3. The third kappa shape index (κ3) is 3.45. The Labute approximate surface area is 209 Å². The van der Waals surface area contributed by atoms with Gasteiger partial charge in [-0.15, -0.1) is 6.42 Å². The van der Waals surface area contributed by atoms with Crippen molar-refractivity contribution >= 4 is 28.3 Å². The van der Waals surface area contributed by atoms with E-state index in [1.54, 1.807) is 4.90 Å². The maximum atomic E-state index is 13.2. The summed E-state index contributed by atoms with van der Waals surface area (Å²) in [6.45, 7) is 1.49. The molecule has 3 aromatic heterocycles. The molecule has 0 radical (unpaired) electrons. The molecule has 1 aliphatic carbocycles. The third-order valence-corrected chi connectivity index (χ3v) is 7.86. The van der Waals surface area contributed by atoms with Crippen LogP contribution in [0, 0.1) is 29.6 Å². The Morgan fingerprint density at radius 2 is 2.06 bits per heavy atom. The number of likely N-dealkylation sites (tertiary alicyclic amines) is 1. The zero-order valence-corrected chi connectivity index (χ0v) is 20.1. The second-order valence-electron chi connectivity index (χ2n) is 9.83. The van der Waals surface area contributed by atoms with Crippen molar-refractivity contribution in [3.8, 4) is 29.7 Å². The van der Waals surface area contributed by atoms with Crippen molar-refractivity contribution in [2.45, 2.75) is 57.5 Å². The average Bonchev–Trinajstić information content (AvgIpc) is 3.47. The fraction of sp³-hybridized carbons (Fsp3) is 0.393. The monoisotopic (exact) mass is 477 g/mol. The number of nitrogen functional groups attached to an aromatic ring is 1. The second-order valence-corrected chi connectivity index (χ2v) is 9.83. The fourth-order valence-electron chi connectivity index (χ4n) is 6.11. The number of aromatic nitrogens is 4. The molecule has 1 fully saturated rings. The van der Waals surface area contributed by atoms with Gasteiger partial charge in [0.15, 0.2) is 0 Å². The van der Waals surface area contributed by atoms with Crippen LogP contribution in [0.25, 0.3) is 27.9 Å². The zero-order chi connectivity index (χ0) is 24.8. The lowest BCUT2D eigenvalue weighted by atomic mass is 9.84. The molecule has 36 heavy (non-hydrogen) atoms. The van der Waals surface area contributed by atoms with Crippen LogP contribution in [0.15, 0.2) is 24.7 Å². The maximum absolute atomic E-state index is 13.2. The van der Waals surface area contributed by atoms with Crippen LogP contribution in [0.2, 0.25) is 0 Å². The molecule has 2 N–H and O–H groups in total. The van der Waals surface area contributed by atoms with E-state index in [9.17, 15) is 10.1 Å². The second kappa shape index (κ2) is 8.80. The summed E-state index contributed by atoms with van der Waals surface area (Å²) in [4.78, 5) is 28.4. The number of amides is 1. The van der Waals surface area contributed by atoms with Crippen molar-refractivity contribution in [3.63, 3.8) is 0 Å². The van der Waals surface area contributed by atoms with Crippen LogP contribution in [0.1, 0.15) is 55.3 Å². The predicted molar refractivity (Wildman–Crippen MR) is 137 cm³/mol. The molecule has 180 valence electrons. The van der Waals surface area contributed by atoms with Gasteiger partial charge in [0.1, 0.15) is 29.5 Å². The summed E-state index contributed by atoms with van der Waals surface area (Å²) >= 11 is 0. The highest BCUT2D eigenvalue weighted by Gasteiger charge is 2.35. The van der Waals surface area contributed by atoms with Crippen molar-refractivity contribution in [2.75, 3.05) is 12.3 Å². The van der Waals surface area contributed by atoms with E-state index in [0.717, 1.165) is 78.5 Å². The van der Waals surface area contributed by atoms with E-state index in [1.807, 2.05) is 12.3 Å². The number of hydrogen-bond donors (Lipinski definition) is 1. The van der Waals surface area contributed by atoms with Crippen LogP contribution in [0.5, 0.6) is 0 Å². The number of pyridine rings is 1. The minimum Gasteiger partial charge on any atom is -0.383 e. The average molecular weight is 478 g/mol. The highest BCUT2D eigenvalue weighted by atomic mass is 16.2. The molecule has 8 nitrogen and oxygen atoms in total. The Kier molecular flexibility index (Phi) is 5.45. The highest BCUT2D eigenvalue weighted by Crippen LogP contribution is 2.45. The van der Waals surface area contributed by atoms with Crippen molar-refractivity contribution in [1.82, 2.24) is 24.4 Å². The summed E-state index contributed by atoms with van der Waals surface area (Å²) < 4.78 is 2.24. The van der Waals surface area contributed by atoms with E-state index < -0.39 is 0 Å². The summed E-state index contributed by atoms with van der Waals surface area (Å²) in [6.07, 6.45) is 16.9. The Balaban J connectivity index is 1.45. The number of nitriles is 1. The lowest BCUT2D eigenvalue weighted by molar-refractivity contribution is -0.135. The molecule has 6 rings (SSSR count). The van der Waals surface area contributed by atoms with Crippen molar-refractivity contribution < 1.29 is 4.79 Å². The lowest BCUT2D eigenvalue weighted by Crippen LogP contribution is -2.39. The SMILES string of the molecule is C#Cc1cc2c(cn1)-c1c(C3=CC[C@H](C(=O)N4CCC[C@H]4C#N)CC3)c3c(N)ncnc3n1CCC2. The molecule has 2 aliphatic heterocycles. The summed E-state index contributed by atoms with van der Waals surface area (Å²) in [7, 11) is 0. The number of carbonyl (C=O) groups is 1. The number of aryl methyl sites for hydroxylation is 2. The molecule has 3 aromatic rings. The largest absolute Gasteiger partial charge is 0.383 e. The van der Waals surface area contributed by atoms with E-state index in [0.29, 0.717) is 24.5 Å². The van der Waals surface area contributed by atoms with Gasteiger partial charge in [0.25, 0.3) is 0 Å². The molecule has 0 unspecified atom stereocenters. The van der Waals surface area contributed by atoms with Crippen LogP contribution in [-0.2, 0) is 17.8 Å². The number of rotatable bonds is 2. The van der Waals surface area contributed by atoms with E-state index in [2.05, 4.69) is 37.6 Å². The van der Waals surface area contributed by atoms with E-state index in [-0.39, 0.29) is 17.9 Å². The number of carbonyl (C=O) groups excluding carboxylic acids is 1. The van der Waals surface area contributed by atoms with Gasteiger partial charge in [0.05, 0.1) is 17.1 Å². The third-order valence-electron chi connectivity index (χ3n) is 7.86. The number of terminal acetylenes is 1. The number of fused-ring (bicyclic) bond motifs is 5. The van der Waals surface area contributed by atoms with Crippen LogP contribution < -0.4 is 5.73 Å². The van der Waals surface area contributed by atoms with E-state index >= 15 is 0 Å². The number of nitrogens with zero attached hydrogens (tertiary/aromatic N) is 6. The van der Waals surface area contributed by atoms with Crippen molar-refractivity contribution in [1.29, 1.82) is 5.26 Å². The van der Waals surface area contributed by atoms with Gasteiger partial charge in [-0.3, -0.25) is 4.79 Å².